The smallest absolute Gasteiger partial charge is 0.202 e. The topological polar surface area (TPSA) is 35.0 Å². The average Bonchev–Trinajstić information content (AvgIpc) is 3.65. The minimum Gasteiger partial charge on any atom is -0.457 e. The lowest BCUT2D eigenvalue weighted by atomic mass is 9.66. The number of ether oxygens (including phenoxy) is 1. The second-order valence-electron chi connectivity index (χ2n) is 16.4. The molecule has 0 fully saturated rings. The molecule has 2 heterocycles. The van der Waals surface area contributed by atoms with E-state index in [1.165, 1.54) is 48.9 Å². The molecule has 63 heavy (non-hydrogen) atoms. The van der Waals surface area contributed by atoms with Gasteiger partial charge in [-0.3, -0.25) is 0 Å². The molecule has 3 nitrogen and oxygen atoms in total. The van der Waals surface area contributed by atoms with Crippen LogP contribution in [0.3, 0.4) is 0 Å². The number of para-hydroxylation sites is 2. The van der Waals surface area contributed by atoms with Crippen molar-refractivity contribution in [1.29, 1.82) is 0 Å². The largest absolute Gasteiger partial charge is 0.457 e. The fraction of sp³-hybridized carbons (Fsp3) is 0.0169. The third kappa shape index (κ3) is 5.72. The van der Waals surface area contributed by atoms with Crippen molar-refractivity contribution in [2.45, 2.75) is 5.41 Å². The van der Waals surface area contributed by atoms with Crippen molar-refractivity contribution >= 4 is 29.0 Å². The number of rotatable bonds is 7. The first-order valence-corrected chi connectivity index (χ1v) is 23.6. The molecular weight excluding hydrogens is 781 g/mol. The van der Waals surface area contributed by atoms with Crippen molar-refractivity contribution in [1.82, 2.24) is 9.97 Å². The molecule has 1 aromatic heterocycles. The maximum absolute atomic E-state index is 6.55. The Hall–Kier alpha value is -7.92. The quantitative estimate of drug-likeness (QED) is 0.119. The van der Waals surface area contributed by atoms with Crippen LogP contribution in [0.25, 0.3) is 44.9 Å². The van der Waals surface area contributed by atoms with E-state index in [-0.39, 0.29) is 0 Å². The summed E-state index contributed by atoms with van der Waals surface area (Å²) in [5.74, 6) is 2.51. The van der Waals surface area contributed by atoms with E-state index in [2.05, 4.69) is 243 Å². The molecule has 10 aromatic rings. The molecule has 296 valence electrons. The van der Waals surface area contributed by atoms with Crippen LogP contribution < -0.4 is 25.6 Å². The van der Waals surface area contributed by atoms with Crippen LogP contribution >= 0.6 is 0 Å². The number of hydrogen-bond donors (Lipinski definition) is 0. The molecule has 0 N–H and O–H groups in total. The van der Waals surface area contributed by atoms with Gasteiger partial charge in [0.1, 0.15) is 11.5 Å². The Kier molecular flexibility index (Phi) is 8.73. The van der Waals surface area contributed by atoms with Crippen LogP contribution in [0.2, 0.25) is 0 Å². The first-order chi connectivity index (χ1) is 31.2. The molecule has 0 saturated heterocycles. The van der Waals surface area contributed by atoms with E-state index in [0.717, 1.165) is 44.8 Å². The summed E-state index contributed by atoms with van der Waals surface area (Å²) in [6.07, 6.45) is 0. The van der Waals surface area contributed by atoms with Crippen LogP contribution in [0.15, 0.2) is 243 Å². The van der Waals surface area contributed by atoms with Gasteiger partial charge in [0.05, 0.1) is 11.1 Å². The van der Waals surface area contributed by atoms with Gasteiger partial charge in [0.15, 0.2) is 5.82 Å². The second kappa shape index (κ2) is 14.9. The third-order valence-electron chi connectivity index (χ3n) is 13.1. The number of fused-ring (bicyclic) bond motifs is 9. The predicted molar refractivity (Wildman–Crippen MR) is 259 cm³/mol. The van der Waals surface area contributed by atoms with Gasteiger partial charge in [0, 0.05) is 27.6 Å². The van der Waals surface area contributed by atoms with E-state index in [4.69, 9.17) is 14.7 Å². The zero-order chi connectivity index (χ0) is 41.8. The van der Waals surface area contributed by atoms with E-state index in [1.54, 1.807) is 0 Å². The predicted octanol–water partition coefficient (Wildman–Crippen LogP) is 11.3. The zero-order valence-electron chi connectivity index (χ0n) is 34.4. The maximum Gasteiger partial charge on any atom is 0.202 e. The minimum absolute atomic E-state index is 0.490. The maximum atomic E-state index is 6.55. The molecule has 0 saturated carbocycles. The molecule has 2 aliphatic rings. The summed E-state index contributed by atoms with van der Waals surface area (Å²) in [7, 11) is -2.95. The van der Waals surface area contributed by atoms with Crippen LogP contribution in [0.5, 0.6) is 11.5 Å². The number of nitrogens with zero attached hydrogens (tertiary/aromatic N) is 2. The van der Waals surface area contributed by atoms with Crippen molar-refractivity contribution in [2.24, 2.45) is 0 Å². The highest BCUT2D eigenvalue weighted by molar-refractivity contribution is 7.19. The third-order valence-corrected chi connectivity index (χ3v) is 17.7. The van der Waals surface area contributed by atoms with Crippen LogP contribution in [0.4, 0.5) is 0 Å². The summed E-state index contributed by atoms with van der Waals surface area (Å²) in [4.78, 5) is 11.0. The molecule has 4 heteroatoms. The van der Waals surface area contributed by atoms with Gasteiger partial charge in [0.2, 0.25) is 8.07 Å². The summed E-state index contributed by atoms with van der Waals surface area (Å²) >= 11 is 0. The second-order valence-corrected chi connectivity index (χ2v) is 20.1. The number of hydrogen-bond acceptors (Lipinski definition) is 3. The highest BCUT2D eigenvalue weighted by Crippen LogP contribution is 2.62. The van der Waals surface area contributed by atoms with Crippen molar-refractivity contribution in [2.75, 3.05) is 0 Å². The summed E-state index contributed by atoms with van der Waals surface area (Å²) < 4.78 is 6.55. The lowest BCUT2D eigenvalue weighted by Crippen LogP contribution is -2.75. The monoisotopic (exact) mass is 820 g/mol. The molecule has 9 aromatic carbocycles. The minimum atomic E-state index is -2.95. The van der Waals surface area contributed by atoms with Crippen molar-refractivity contribution < 1.29 is 4.74 Å². The Morgan fingerprint density at radius 3 is 1.38 bits per heavy atom. The molecule has 0 radical (unpaired) electrons. The van der Waals surface area contributed by atoms with E-state index in [0.29, 0.717) is 5.82 Å². The number of benzene rings is 9. The van der Waals surface area contributed by atoms with Gasteiger partial charge >= 0.3 is 0 Å². The van der Waals surface area contributed by atoms with Crippen LogP contribution in [-0.2, 0) is 5.41 Å². The van der Waals surface area contributed by atoms with Crippen LogP contribution in [0.1, 0.15) is 22.3 Å². The van der Waals surface area contributed by atoms with Crippen molar-refractivity contribution in [3.05, 3.63) is 265 Å². The van der Waals surface area contributed by atoms with Crippen LogP contribution in [0, 0.1) is 0 Å². The van der Waals surface area contributed by atoms with Gasteiger partial charge in [-0.1, -0.05) is 218 Å². The Labute approximate surface area is 368 Å². The average molecular weight is 821 g/mol. The summed E-state index contributed by atoms with van der Waals surface area (Å²) in [5, 5.41) is 4.86. The van der Waals surface area contributed by atoms with Crippen LogP contribution in [-0.4, -0.2) is 18.0 Å². The van der Waals surface area contributed by atoms with Gasteiger partial charge in [-0.2, -0.15) is 0 Å². The number of aromatic nitrogens is 2. The van der Waals surface area contributed by atoms with Gasteiger partial charge in [-0.05, 0) is 73.2 Å². The Morgan fingerprint density at radius 1 is 0.333 bits per heavy atom. The first-order valence-electron chi connectivity index (χ1n) is 21.6. The van der Waals surface area contributed by atoms with E-state index >= 15 is 0 Å². The molecule has 1 aliphatic heterocycles. The normalized spacial score (nSPS) is 13.0. The zero-order valence-corrected chi connectivity index (χ0v) is 35.4. The molecule has 12 rings (SSSR count). The molecule has 1 aliphatic carbocycles. The summed E-state index contributed by atoms with van der Waals surface area (Å²) in [5.41, 5.74) is 12.1. The summed E-state index contributed by atoms with van der Waals surface area (Å²) in [6, 6.07) is 87.4. The lowest BCUT2D eigenvalue weighted by molar-refractivity contribution is 0.436. The molecule has 1 spiro atoms. The standard InChI is InChI=1S/C59H40N2OSi/c1-5-19-42(20-6-1)54-40-57(63(45-21-7-2-8-22-45,46-23-9-3-10-24-46)47-25-11-4-12-26-47)61-58(60-54)43-35-33-41(34-36-43)44-37-38-51-49(39-44)48-27-13-14-28-50(48)59(51)52-29-15-17-31-55(52)62-56-32-18-16-30-53(56)59/h1-40H. The highest BCUT2D eigenvalue weighted by atomic mass is 28.3. The summed E-state index contributed by atoms with van der Waals surface area (Å²) in [6.45, 7) is 0. The van der Waals surface area contributed by atoms with Gasteiger partial charge in [-0.15, -0.1) is 0 Å². The molecule has 0 atom stereocenters. The first kappa shape index (κ1) is 36.9. The molecule has 0 unspecified atom stereocenters. The van der Waals surface area contributed by atoms with Crippen molar-refractivity contribution in [3.8, 4) is 56.4 Å². The van der Waals surface area contributed by atoms with E-state index < -0.39 is 13.5 Å². The lowest BCUT2D eigenvalue weighted by Gasteiger charge is -2.39. The fourth-order valence-electron chi connectivity index (χ4n) is 10.4. The highest BCUT2D eigenvalue weighted by Gasteiger charge is 2.51. The SMILES string of the molecule is c1ccc(-c2cc([Si](c3ccccc3)(c3ccccc3)c3ccccc3)nc(-c3ccc(-c4ccc5c(c4)-c4ccccc4C54c5ccccc5Oc5ccccc54)cc3)n2)cc1. The fourth-order valence-corrected chi connectivity index (χ4v) is 15.0. The van der Waals surface area contributed by atoms with Gasteiger partial charge in [-0.25, -0.2) is 9.97 Å². The Morgan fingerprint density at radius 2 is 0.794 bits per heavy atom. The molecular formula is C59H40N2OSi. The van der Waals surface area contributed by atoms with Crippen molar-refractivity contribution in [3.63, 3.8) is 0 Å². The Bertz CT molecular complexity index is 3160. The molecule has 0 bridgehead atoms. The van der Waals surface area contributed by atoms with E-state index in [9.17, 15) is 0 Å². The van der Waals surface area contributed by atoms with Gasteiger partial charge in [0.25, 0.3) is 0 Å². The Balaban J connectivity index is 1.01. The van der Waals surface area contributed by atoms with E-state index in [1.807, 2.05) is 0 Å². The van der Waals surface area contributed by atoms with Gasteiger partial charge < -0.3 is 4.74 Å². The molecule has 0 amide bonds.